The molecule has 1 aliphatic heterocycles. The van der Waals surface area contributed by atoms with Gasteiger partial charge in [0.25, 0.3) is 0 Å². The summed E-state index contributed by atoms with van der Waals surface area (Å²) in [6.07, 6.45) is 7.76. The van der Waals surface area contributed by atoms with E-state index in [0.717, 1.165) is 24.2 Å². The molecule has 2 heterocycles. The van der Waals surface area contributed by atoms with Crippen molar-refractivity contribution in [2.75, 3.05) is 0 Å². The molecule has 0 bridgehead atoms. The summed E-state index contributed by atoms with van der Waals surface area (Å²) >= 11 is 0. The van der Waals surface area contributed by atoms with Crippen LogP contribution >= 0.6 is 0 Å². The maximum Gasteiger partial charge on any atom is 0.223 e. The van der Waals surface area contributed by atoms with Crippen LogP contribution in [0.3, 0.4) is 0 Å². The van der Waals surface area contributed by atoms with Gasteiger partial charge in [0.1, 0.15) is 0 Å². The quantitative estimate of drug-likeness (QED) is 0.743. The van der Waals surface area contributed by atoms with Gasteiger partial charge in [0.05, 0.1) is 24.1 Å². The van der Waals surface area contributed by atoms with Crippen molar-refractivity contribution in [3.63, 3.8) is 0 Å². The molecule has 1 fully saturated rings. The zero-order valence-corrected chi connectivity index (χ0v) is 10.1. The summed E-state index contributed by atoms with van der Waals surface area (Å²) in [5, 5.41) is 0. The van der Waals surface area contributed by atoms with Crippen molar-refractivity contribution in [3.8, 4) is 0 Å². The van der Waals surface area contributed by atoms with Crippen LogP contribution in [0.5, 0.6) is 0 Å². The van der Waals surface area contributed by atoms with Crippen LogP contribution in [0.25, 0.3) is 0 Å². The molecular formula is C13H17N3O. The largest absolute Gasteiger partial charge is 0.333 e. The zero-order chi connectivity index (χ0) is 12.3. The van der Waals surface area contributed by atoms with E-state index in [-0.39, 0.29) is 11.9 Å². The summed E-state index contributed by atoms with van der Waals surface area (Å²) in [5.41, 5.74) is 1.74. The molecule has 0 saturated carbocycles. The third-order valence-electron chi connectivity index (χ3n) is 3.06. The van der Waals surface area contributed by atoms with Gasteiger partial charge in [-0.15, -0.1) is 6.58 Å². The molecule has 0 N–H and O–H groups in total. The molecule has 0 spiro atoms. The van der Waals surface area contributed by atoms with Crippen LogP contribution in [-0.2, 0) is 11.3 Å². The van der Waals surface area contributed by atoms with Crippen LogP contribution < -0.4 is 0 Å². The number of hydrogen-bond donors (Lipinski definition) is 0. The second-order valence-corrected chi connectivity index (χ2v) is 4.39. The van der Waals surface area contributed by atoms with Crippen molar-refractivity contribution in [3.05, 3.63) is 36.4 Å². The first-order valence-corrected chi connectivity index (χ1v) is 5.88. The van der Waals surface area contributed by atoms with Gasteiger partial charge in [-0.25, -0.2) is 0 Å². The fourth-order valence-corrected chi connectivity index (χ4v) is 2.12. The van der Waals surface area contributed by atoms with Crippen molar-refractivity contribution in [2.45, 2.75) is 38.8 Å². The van der Waals surface area contributed by atoms with Gasteiger partial charge < -0.3 is 4.90 Å². The summed E-state index contributed by atoms with van der Waals surface area (Å²) < 4.78 is 0. The Bertz CT molecular complexity index is 413. The summed E-state index contributed by atoms with van der Waals surface area (Å²) in [6.45, 7) is 6.20. The number of nitrogens with zero attached hydrogens (tertiary/aromatic N) is 3. The molecule has 1 aromatic heterocycles. The minimum atomic E-state index is 0.208. The van der Waals surface area contributed by atoms with E-state index >= 15 is 0 Å². The number of hydrogen-bond acceptors (Lipinski definition) is 3. The lowest BCUT2D eigenvalue weighted by Gasteiger charge is -2.23. The Kier molecular flexibility index (Phi) is 3.52. The molecule has 1 aliphatic rings. The molecule has 1 amide bonds. The number of carbonyl (C=O) groups is 1. The van der Waals surface area contributed by atoms with Gasteiger partial charge >= 0.3 is 0 Å². The topological polar surface area (TPSA) is 46.1 Å². The van der Waals surface area contributed by atoms with Crippen molar-refractivity contribution in [1.82, 2.24) is 14.9 Å². The predicted octanol–water partition coefficient (Wildman–Crippen LogP) is 1.85. The Morgan fingerprint density at radius 2 is 2.35 bits per heavy atom. The molecule has 17 heavy (non-hydrogen) atoms. The number of amides is 1. The van der Waals surface area contributed by atoms with Gasteiger partial charge in [-0.1, -0.05) is 6.08 Å². The van der Waals surface area contributed by atoms with Gasteiger partial charge in [-0.05, 0) is 19.8 Å². The molecule has 0 aliphatic carbocycles. The van der Waals surface area contributed by atoms with Gasteiger partial charge in [-0.2, -0.15) is 0 Å². The van der Waals surface area contributed by atoms with Crippen LogP contribution in [0.2, 0.25) is 0 Å². The highest BCUT2D eigenvalue weighted by Crippen LogP contribution is 2.23. The molecule has 1 aromatic rings. The number of rotatable bonds is 4. The minimum absolute atomic E-state index is 0.208. The smallest absolute Gasteiger partial charge is 0.223 e. The highest BCUT2D eigenvalue weighted by molar-refractivity contribution is 5.78. The van der Waals surface area contributed by atoms with E-state index < -0.39 is 0 Å². The average Bonchev–Trinajstić information content (AvgIpc) is 2.65. The summed E-state index contributed by atoms with van der Waals surface area (Å²) in [5.74, 6) is 0.208. The molecule has 1 atom stereocenters. The average molecular weight is 231 g/mol. The third-order valence-corrected chi connectivity index (χ3v) is 3.06. The van der Waals surface area contributed by atoms with Gasteiger partial charge in [0.2, 0.25) is 5.91 Å². The Labute approximate surface area is 101 Å². The van der Waals surface area contributed by atoms with Crippen LogP contribution in [0.1, 0.15) is 30.7 Å². The molecular weight excluding hydrogens is 214 g/mol. The van der Waals surface area contributed by atoms with Gasteiger partial charge in [-0.3, -0.25) is 14.8 Å². The highest BCUT2D eigenvalue weighted by atomic mass is 16.2. The van der Waals surface area contributed by atoms with Crippen molar-refractivity contribution >= 4 is 5.91 Å². The third kappa shape index (κ3) is 2.70. The second kappa shape index (κ2) is 5.08. The number of aromatic nitrogens is 2. The molecule has 4 heteroatoms. The molecule has 1 saturated heterocycles. The van der Waals surface area contributed by atoms with E-state index in [4.69, 9.17) is 0 Å². The lowest BCUT2D eigenvalue weighted by Crippen LogP contribution is -2.32. The Balaban J connectivity index is 2.07. The number of carbonyl (C=O) groups excluding carboxylic acids is 1. The Morgan fingerprint density at radius 1 is 1.53 bits per heavy atom. The van der Waals surface area contributed by atoms with E-state index in [9.17, 15) is 4.79 Å². The van der Waals surface area contributed by atoms with E-state index in [1.807, 2.05) is 17.9 Å². The first-order valence-electron chi connectivity index (χ1n) is 5.88. The van der Waals surface area contributed by atoms with E-state index in [1.54, 1.807) is 12.4 Å². The molecule has 4 nitrogen and oxygen atoms in total. The van der Waals surface area contributed by atoms with E-state index in [2.05, 4.69) is 16.5 Å². The van der Waals surface area contributed by atoms with Crippen LogP contribution in [0.15, 0.2) is 25.0 Å². The Morgan fingerprint density at radius 3 is 3.00 bits per heavy atom. The fraction of sp³-hybridized carbons (Fsp3) is 0.462. The maximum absolute atomic E-state index is 11.8. The molecule has 0 radical (unpaired) electrons. The first kappa shape index (κ1) is 11.8. The summed E-state index contributed by atoms with van der Waals surface area (Å²) in [4.78, 5) is 22.1. The summed E-state index contributed by atoms with van der Waals surface area (Å²) in [6, 6.07) is 0.281. The predicted molar refractivity (Wildman–Crippen MR) is 65.2 cm³/mol. The van der Waals surface area contributed by atoms with Crippen molar-refractivity contribution in [2.24, 2.45) is 0 Å². The van der Waals surface area contributed by atoms with E-state index in [1.165, 1.54) is 0 Å². The van der Waals surface area contributed by atoms with Gasteiger partial charge in [0, 0.05) is 18.7 Å². The number of aryl methyl sites for hydroxylation is 1. The summed E-state index contributed by atoms with van der Waals surface area (Å²) in [7, 11) is 0. The lowest BCUT2D eigenvalue weighted by atomic mass is 10.1. The van der Waals surface area contributed by atoms with E-state index in [0.29, 0.717) is 13.0 Å². The van der Waals surface area contributed by atoms with Crippen LogP contribution in [-0.4, -0.2) is 26.8 Å². The second-order valence-electron chi connectivity index (χ2n) is 4.39. The molecule has 2 rings (SSSR count). The molecule has 1 unspecified atom stereocenters. The van der Waals surface area contributed by atoms with Crippen LogP contribution in [0, 0.1) is 6.92 Å². The van der Waals surface area contributed by atoms with Crippen LogP contribution in [0.4, 0.5) is 0 Å². The molecule has 90 valence electrons. The monoisotopic (exact) mass is 231 g/mol. The maximum atomic E-state index is 11.8. The van der Waals surface area contributed by atoms with Crippen molar-refractivity contribution < 1.29 is 4.79 Å². The lowest BCUT2D eigenvalue weighted by molar-refractivity contribution is -0.129. The fourth-order valence-electron chi connectivity index (χ4n) is 2.12. The highest BCUT2D eigenvalue weighted by Gasteiger charge is 2.29. The molecule has 0 aromatic carbocycles. The van der Waals surface area contributed by atoms with Crippen molar-refractivity contribution in [1.29, 1.82) is 0 Å². The Hall–Kier alpha value is -1.71. The standard InChI is InChI=1S/C13H17N3O/c1-3-4-12-5-6-13(17)16(12)9-11-8-14-10(2)7-15-11/h3,7-8,12H,1,4-6,9H2,2H3. The number of likely N-dealkylation sites (tertiary alicyclic amines) is 1. The normalized spacial score (nSPS) is 19.7. The zero-order valence-electron chi connectivity index (χ0n) is 10.1. The van der Waals surface area contributed by atoms with Gasteiger partial charge in [0.15, 0.2) is 0 Å². The minimum Gasteiger partial charge on any atom is -0.333 e. The first-order chi connectivity index (χ1) is 8.20. The SMILES string of the molecule is C=CCC1CCC(=O)N1Cc1cnc(C)cn1.